The summed E-state index contributed by atoms with van der Waals surface area (Å²) in [5, 5.41) is 4.75. The first-order valence-corrected chi connectivity index (χ1v) is 15.5. The lowest BCUT2D eigenvalue weighted by molar-refractivity contribution is 0.0952. The number of unbranched alkanes of at least 4 members (excludes halogenated alkanes) is 2. The quantitative estimate of drug-likeness (QED) is 0.127. The van der Waals surface area contributed by atoms with Gasteiger partial charge in [-0.2, -0.15) is 0 Å². The Kier molecular flexibility index (Phi) is 12.2. The number of halogens is 1. The number of hydrogen-bond donors (Lipinski definition) is 1. The van der Waals surface area contributed by atoms with Gasteiger partial charge >= 0.3 is 0 Å². The lowest BCUT2D eigenvalue weighted by Crippen LogP contribution is -2.27. The lowest BCUT2D eigenvalue weighted by Gasteiger charge is -2.22. The third-order valence-corrected chi connectivity index (χ3v) is 7.73. The van der Waals surface area contributed by atoms with E-state index in [9.17, 15) is 4.79 Å². The molecule has 0 saturated heterocycles. The average molecular weight is 590 g/mol. The number of nitrogens with zero attached hydrogens (tertiary/aromatic N) is 2. The fraction of sp³-hybridized carbons (Fsp3) is 0.400. The monoisotopic (exact) mass is 589 g/mol. The Labute approximate surface area is 255 Å². The summed E-state index contributed by atoms with van der Waals surface area (Å²) in [6.45, 7) is 9.51. The zero-order chi connectivity index (χ0) is 29.7. The zero-order valence-electron chi connectivity index (χ0n) is 25.2. The van der Waals surface area contributed by atoms with Gasteiger partial charge in [0.05, 0.1) is 24.8 Å². The summed E-state index contributed by atoms with van der Waals surface area (Å²) >= 11 is 5.94. The van der Waals surface area contributed by atoms with E-state index in [1.807, 2.05) is 60.8 Å². The maximum absolute atomic E-state index is 13.3. The molecule has 1 N–H and O–H groups in total. The van der Waals surface area contributed by atoms with E-state index in [1.54, 1.807) is 7.11 Å². The molecule has 0 radical (unpaired) electrons. The van der Waals surface area contributed by atoms with Gasteiger partial charge in [-0.25, -0.2) is 0 Å². The van der Waals surface area contributed by atoms with Gasteiger partial charge < -0.3 is 24.3 Å². The summed E-state index contributed by atoms with van der Waals surface area (Å²) in [6, 6.07) is 21.7. The number of methoxy groups -OCH3 is 1. The van der Waals surface area contributed by atoms with E-state index in [2.05, 4.69) is 40.8 Å². The Balaban J connectivity index is 1.30. The second-order valence-corrected chi connectivity index (χ2v) is 11.3. The van der Waals surface area contributed by atoms with Gasteiger partial charge in [0.25, 0.3) is 5.91 Å². The Hall–Kier alpha value is -3.48. The number of aromatic nitrogens is 1. The molecule has 0 bridgehead atoms. The van der Waals surface area contributed by atoms with Gasteiger partial charge in [-0.3, -0.25) is 4.79 Å². The summed E-state index contributed by atoms with van der Waals surface area (Å²) in [7, 11) is 1.69. The molecule has 0 aliphatic carbocycles. The molecule has 3 aromatic carbocycles. The van der Waals surface area contributed by atoms with Crippen LogP contribution in [0.4, 0.5) is 0 Å². The summed E-state index contributed by atoms with van der Waals surface area (Å²) in [4.78, 5) is 15.9. The molecule has 4 aromatic rings. The van der Waals surface area contributed by atoms with Crippen molar-refractivity contribution in [2.24, 2.45) is 0 Å². The molecule has 1 heterocycles. The molecule has 0 spiro atoms. The molecule has 0 unspecified atom stereocenters. The van der Waals surface area contributed by atoms with Gasteiger partial charge in [-0.05, 0) is 94.6 Å². The van der Waals surface area contributed by atoms with Crippen molar-refractivity contribution in [1.29, 1.82) is 0 Å². The molecule has 1 aromatic heterocycles. The number of carbonyl (C=O) groups is 1. The number of hydrogen-bond acceptors (Lipinski definition) is 4. The Morgan fingerprint density at radius 2 is 1.74 bits per heavy atom. The SMILES string of the molecule is CCCN(CCCCCOc1ccc(Cl)cc1)CCCn1cc(C(=O)NCc2cccc(C)c2)c2cccc(OC)c21. The second-order valence-electron chi connectivity index (χ2n) is 10.8. The van der Waals surface area contributed by atoms with E-state index in [0.717, 1.165) is 97.9 Å². The average Bonchev–Trinajstić information content (AvgIpc) is 3.37. The first-order valence-electron chi connectivity index (χ1n) is 15.1. The smallest absolute Gasteiger partial charge is 0.253 e. The predicted octanol–water partition coefficient (Wildman–Crippen LogP) is 7.89. The van der Waals surface area contributed by atoms with Gasteiger partial charge in [0.2, 0.25) is 0 Å². The van der Waals surface area contributed by atoms with Crippen LogP contribution in [0.5, 0.6) is 11.5 Å². The van der Waals surface area contributed by atoms with Crippen LogP contribution in [0.2, 0.25) is 5.02 Å². The van der Waals surface area contributed by atoms with Crippen LogP contribution in [0.25, 0.3) is 10.9 Å². The van der Waals surface area contributed by atoms with Crippen LogP contribution >= 0.6 is 11.6 Å². The predicted molar refractivity (Wildman–Crippen MR) is 173 cm³/mol. The van der Waals surface area contributed by atoms with Crippen molar-refractivity contribution < 1.29 is 14.3 Å². The van der Waals surface area contributed by atoms with E-state index < -0.39 is 0 Å². The van der Waals surface area contributed by atoms with E-state index in [-0.39, 0.29) is 5.91 Å². The number of amides is 1. The molecule has 6 nitrogen and oxygen atoms in total. The number of fused-ring (bicyclic) bond motifs is 1. The van der Waals surface area contributed by atoms with E-state index in [4.69, 9.17) is 21.1 Å². The van der Waals surface area contributed by atoms with Crippen molar-refractivity contribution in [3.8, 4) is 11.5 Å². The van der Waals surface area contributed by atoms with E-state index in [0.29, 0.717) is 12.1 Å². The van der Waals surface area contributed by atoms with Crippen LogP contribution in [0.1, 0.15) is 60.5 Å². The molecule has 0 aliphatic heterocycles. The van der Waals surface area contributed by atoms with E-state index in [1.165, 1.54) is 5.56 Å². The fourth-order valence-corrected chi connectivity index (χ4v) is 5.52. The highest BCUT2D eigenvalue weighted by molar-refractivity contribution is 6.30. The largest absolute Gasteiger partial charge is 0.495 e. The first-order chi connectivity index (χ1) is 20.5. The van der Waals surface area contributed by atoms with Gasteiger partial charge in [0.15, 0.2) is 0 Å². The molecule has 42 heavy (non-hydrogen) atoms. The van der Waals surface area contributed by atoms with Crippen molar-refractivity contribution in [2.75, 3.05) is 33.4 Å². The number of benzene rings is 3. The maximum atomic E-state index is 13.3. The van der Waals surface area contributed by atoms with Crippen molar-refractivity contribution in [3.63, 3.8) is 0 Å². The Morgan fingerprint density at radius 1 is 0.952 bits per heavy atom. The molecule has 0 aliphatic rings. The number of carbonyl (C=O) groups excluding carboxylic acids is 1. The standard InChI is InChI=1S/C35H44ClN3O3/c1-4-19-38(20-6-5-7-23-42-30-17-15-29(36)16-18-30)21-10-22-39-26-32(31-13-9-14-33(41-3)34(31)39)35(40)37-25-28-12-8-11-27(2)24-28/h8-9,11-18,24,26H,4-7,10,19-23,25H2,1-3H3,(H,37,40). The Bertz CT molecular complexity index is 1420. The summed E-state index contributed by atoms with van der Waals surface area (Å²) in [5.74, 6) is 1.59. The number of nitrogens with one attached hydrogen (secondary N) is 1. The molecule has 1 amide bonds. The van der Waals surface area contributed by atoms with Crippen LogP contribution in [-0.2, 0) is 13.1 Å². The normalized spacial score (nSPS) is 11.3. The molecule has 0 saturated carbocycles. The number of para-hydroxylation sites is 1. The second kappa shape index (κ2) is 16.2. The van der Waals surface area contributed by atoms with Gasteiger partial charge in [-0.1, -0.05) is 60.5 Å². The maximum Gasteiger partial charge on any atom is 0.253 e. The molecule has 0 atom stereocenters. The van der Waals surface area contributed by atoms with Crippen LogP contribution in [-0.4, -0.2) is 48.7 Å². The highest BCUT2D eigenvalue weighted by Crippen LogP contribution is 2.30. The molecule has 224 valence electrons. The highest BCUT2D eigenvalue weighted by atomic mass is 35.5. The summed E-state index contributed by atoms with van der Waals surface area (Å²) < 4.78 is 13.7. The van der Waals surface area contributed by atoms with Gasteiger partial charge in [-0.15, -0.1) is 0 Å². The van der Waals surface area contributed by atoms with E-state index >= 15 is 0 Å². The minimum Gasteiger partial charge on any atom is -0.495 e. The lowest BCUT2D eigenvalue weighted by atomic mass is 10.1. The van der Waals surface area contributed by atoms with Crippen molar-refractivity contribution in [3.05, 3.63) is 94.6 Å². The summed E-state index contributed by atoms with van der Waals surface area (Å²) in [6.07, 6.45) is 7.43. The summed E-state index contributed by atoms with van der Waals surface area (Å²) in [5.41, 5.74) is 3.93. The molecular formula is C35H44ClN3O3. The van der Waals surface area contributed by atoms with Crippen molar-refractivity contribution in [2.45, 2.75) is 59.0 Å². The zero-order valence-corrected chi connectivity index (χ0v) is 26.0. The third-order valence-electron chi connectivity index (χ3n) is 7.48. The Morgan fingerprint density at radius 3 is 2.50 bits per heavy atom. The van der Waals surface area contributed by atoms with Crippen molar-refractivity contribution >= 4 is 28.4 Å². The topological polar surface area (TPSA) is 55.7 Å². The third kappa shape index (κ3) is 9.01. The first kappa shape index (κ1) is 31.5. The van der Waals surface area contributed by atoms with Gasteiger partial charge in [0.1, 0.15) is 11.5 Å². The number of rotatable bonds is 17. The minimum atomic E-state index is -0.0684. The number of aryl methyl sites for hydroxylation is 2. The van der Waals surface area contributed by atoms with Crippen molar-refractivity contribution in [1.82, 2.24) is 14.8 Å². The highest BCUT2D eigenvalue weighted by Gasteiger charge is 2.18. The van der Waals surface area contributed by atoms with Crippen LogP contribution in [0.15, 0.2) is 72.9 Å². The molecule has 4 rings (SSSR count). The van der Waals surface area contributed by atoms with Gasteiger partial charge in [0, 0.05) is 29.7 Å². The van der Waals surface area contributed by atoms with Crippen LogP contribution < -0.4 is 14.8 Å². The number of ether oxygens (including phenoxy) is 2. The minimum absolute atomic E-state index is 0.0684. The molecule has 0 fully saturated rings. The molecule has 7 heteroatoms. The molecular weight excluding hydrogens is 546 g/mol. The van der Waals surface area contributed by atoms with Crippen LogP contribution in [0.3, 0.4) is 0 Å². The van der Waals surface area contributed by atoms with Crippen LogP contribution in [0, 0.1) is 6.92 Å². The fourth-order valence-electron chi connectivity index (χ4n) is 5.40.